The van der Waals surface area contributed by atoms with E-state index >= 15 is 0 Å². The van der Waals surface area contributed by atoms with Crippen molar-refractivity contribution >= 4 is 21.6 Å². The number of benzene rings is 2. The van der Waals surface area contributed by atoms with Crippen LogP contribution < -0.4 is 14.4 Å². The molecule has 2 aliphatic heterocycles. The molecule has 0 fully saturated rings. The van der Waals surface area contributed by atoms with E-state index in [-0.39, 0.29) is 17.3 Å². The average Bonchev–Trinajstić information content (AvgIpc) is 2.69. The van der Waals surface area contributed by atoms with Gasteiger partial charge in [-0.1, -0.05) is 12.1 Å². The summed E-state index contributed by atoms with van der Waals surface area (Å²) in [5.74, 6) is 0.867. The van der Waals surface area contributed by atoms with Gasteiger partial charge in [0.2, 0.25) is 15.9 Å². The molecule has 7 heteroatoms. The lowest BCUT2D eigenvalue weighted by Gasteiger charge is -2.35. The van der Waals surface area contributed by atoms with Crippen LogP contribution in [0.15, 0.2) is 41.3 Å². The molecule has 2 aromatic carbocycles. The highest BCUT2D eigenvalue weighted by Gasteiger charge is 2.31. The van der Waals surface area contributed by atoms with Crippen LogP contribution in [-0.4, -0.2) is 28.0 Å². The topological polar surface area (TPSA) is 75.7 Å². The second-order valence-electron chi connectivity index (χ2n) is 6.91. The van der Waals surface area contributed by atoms with E-state index in [0.717, 1.165) is 47.5 Å². The van der Waals surface area contributed by atoms with Crippen molar-refractivity contribution < 1.29 is 17.9 Å². The number of aryl methyl sites for hydroxylation is 2. The summed E-state index contributed by atoms with van der Waals surface area (Å²) in [4.78, 5) is 14.2. The minimum absolute atomic E-state index is 0.136. The largest absolute Gasteiger partial charge is 0.497 e. The molecule has 2 aliphatic rings. The Balaban J connectivity index is 1.59. The second kappa shape index (κ2) is 6.98. The van der Waals surface area contributed by atoms with Crippen molar-refractivity contribution in [3.05, 3.63) is 53.1 Å². The van der Waals surface area contributed by atoms with Gasteiger partial charge in [0.25, 0.3) is 0 Å². The Bertz CT molecular complexity index is 967. The van der Waals surface area contributed by atoms with E-state index in [1.807, 2.05) is 17.0 Å². The third-order valence-corrected chi connectivity index (χ3v) is 6.56. The second-order valence-corrected chi connectivity index (χ2v) is 8.68. The molecule has 0 spiro atoms. The number of rotatable bonds is 5. The lowest BCUT2D eigenvalue weighted by molar-refractivity contribution is -0.119. The van der Waals surface area contributed by atoms with Crippen LogP contribution in [0.3, 0.4) is 0 Å². The predicted molar refractivity (Wildman–Crippen MR) is 102 cm³/mol. The third kappa shape index (κ3) is 3.44. The molecule has 6 nitrogen and oxygen atoms in total. The summed E-state index contributed by atoms with van der Waals surface area (Å²) >= 11 is 0. The maximum absolute atomic E-state index is 12.8. The molecule has 0 atom stereocenters. The SMILES string of the molecule is COc1ccc(CNS(=O)(=O)c2cc3c4c(c2)CCC(=O)N4CCC3)cc1. The zero-order valence-corrected chi connectivity index (χ0v) is 16.0. The number of hydrogen-bond acceptors (Lipinski definition) is 4. The molecule has 4 rings (SSSR count). The van der Waals surface area contributed by atoms with Crippen molar-refractivity contribution in [2.24, 2.45) is 0 Å². The Hall–Kier alpha value is -2.38. The van der Waals surface area contributed by atoms with Crippen LogP contribution in [-0.2, 0) is 34.2 Å². The summed E-state index contributed by atoms with van der Waals surface area (Å²) in [6, 6.07) is 10.7. The number of ether oxygens (including phenoxy) is 1. The lowest BCUT2D eigenvalue weighted by Crippen LogP contribution is -2.39. The van der Waals surface area contributed by atoms with Crippen molar-refractivity contribution in [1.82, 2.24) is 4.72 Å². The van der Waals surface area contributed by atoms with Crippen LogP contribution in [0.1, 0.15) is 29.5 Å². The molecule has 142 valence electrons. The van der Waals surface area contributed by atoms with Crippen LogP contribution in [0.4, 0.5) is 5.69 Å². The number of sulfonamides is 1. The molecular weight excluding hydrogens is 364 g/mol. The van der Waals surface area contributed by atoms with Crippen LogP contribution in [0.5, 0.6) is 5.75 Å². The molecular formula is C20H22N2O4S. The highest BCUT2D eigenvalue weighted by Crippen LogP contribution is 2.37. The van der Waals surface area contributed by atoms with Gasteiger partial charge in [0, 0.05) is 19.5 Å². The van der Waals surface area contributed by atoms with E-state index in [0.29, 0.717) is 12.8 Å². The lowest BCUT2D eigenvalue weighted by atomic mass is 9.92. The maximum Gasteiger partial charge on any atom is 0.240 e. The van der Waals surface area contributed by atoms with Gasteiger partial charge in [-0.05, 0) is 60.2 Å². The molecule has 0 aliphatic carbocycles. The minimum Gasteiger partial charge on any atom is -0.497 e. The first-order valence-electron chi connectivity index (χ1n) is 9.07. The van der Waals surface area contributed by atoms with Crippen molar-refractivity contribution in [2.45, 2.75) is 37.1 Å². The fourth-order valence-electron chi connectivity index (χ4n) is 3.78. The minimum atomic E-state index is -3.63. The van der Waals surface area contributed by atoms with Gasteiger partial charge in [0.15, 0.2) is 0 Å². The summed E-state index contributed by atoms with van der Waals surface area (Å²) in [5, 5.41) is 0. The highest BCUT2D eigenvalue weighted by atomic mass is 32.2. The van der Waals surface area contributed by atoms with Gasteiger partial charge in [0.05, 0.1) is 17.7 Å². The normalized spacial score (nSPS) is 16.2. The van der Waals surface area contributed by atoms with Crippen LogP contribution >= 0.6 is 0 Å². The number of carbonyl (C=O) groups is 1. The van der Waals surface area contributed by atoms with E-state index in [1.54, 1.807) is 31.4 Å². The molecule has 0 saturated carbocycles. The Morgan fingerprint density at radius 2 is 1.78 bits per heavy atom. The van der Waals surface area contributed by atoms with Gasteiger partial charge in [-0.15, -0.1) is 0 Å². The van der Waals surface area contributed by atoms with Crippen LogP contribution in [0.2, 0.25) is 0 Å². The van der Waals surface area contributed by atoms with Gasteiger partial charge >= 0.3 is 0 Å². The van der Waals surface area contributed by atoms with E-state index < -0.39 is 10.0 Å². The van der Waals surface area contributed by atoms with Crippen molar-refractivity contribution in [3.63, 3.8) is 0 Å². The van der Waals surface area contributed by atoms with E-state index in [1.165, 1.54) is 0 Å². The smallest absolute Gasteiger partial charge is 0.240 e. The van der Waals surface area contributed by atoms with Crippen LogP contribution in [0, 0.1) is 0 Å². The van der Waals surface area contributed by atoms with Crippen molar-refractivity contribution in [2.75, 3.05) is 18.6 Å². The van der Waals surface area contributed by atoms with Gasteiger partial charge in [-0.3, -0.25) is 4.79 Å². The summed E-state index contributed by atoms with van der Waals surface area (Å²) in [6.07, 6.45) is 2.70. The number of methoxy groups -OCH3 is 1. The van der Waals surface area contributed by atoms with E-state index in [4.69, 9.17) is 4.74 Å². The highest BCUT2D eigenvalue weighted by molar-refractivity contribution is 7.89. The number of nitrogens with zero attached hydrogens (tertiary/aromatic N) is 1. The summed E-state index contributed by atoms with van der Waals surface area (Å²) in [5.41, 5.74) is 3.70. The fourth-order valence-corrected chi connectivity index (χ4v) is 4.90. The van der Waals surface area contributed by atoms with Gasteiger partial charge in [-0.25, -0.2) is 13.1 Å². The zero-order valence-electron chi connectivity index (χ0n) is 15.2. The first kappa shape index (κ1) is 18.0. The molecule has 0 bridgehead atoms. The van der Waals surface area contributed by atoms with Gasteiger partial charge in [0.1, 0.15) is 5.75 Å². The van der Waals surface area contributed by atoms with Gasteiger partial charge in [-0.2, -0.15) is 0 Å². The Labute approximate surface area is 159 Å². The van der Waals surface area contributed by atoms with Crippen molar-refractivity contribution in [1.29, 1.82) is 0 Å². The number of carbonyl (C=O) groups excluding carboxylic acids is 1. The first-order valence-corrected chi connectivity index (χ1v) is 10.5. The van der Waals surface area contributed by atoms with Crippen LogP contribution in [0.25, 0.3) is 0 Å². The Morgan fingerprint density at radius 3 is 2.48 bits per heavy atom. The number of amides is 1. The Kier molecular flexibility index (Phi) is 4.65. The quantitative estimate of drug-likeness (QED) is 0.856. The molecule has 0 aromatic heterocycles. The summed E-state index contributed by atoms with van der Waals surface area (Å²) < 4.78 is 33.5. The standard InChI is InChI=1S/C20H22N2O4S/c1-26-17-7-4-14(5-8-17)13-21-27(24,25)18-11-15-3-2-10-22-19(23)9-6-16(12-18)20(15)22/h4-5,7-8,11-12,21H,2-3,6,9-10,13H2,1H3. The van der Waals surface area contributed by atoms with Crippen molar-refractivity contribution in [3.8, 4) is 5.75 Å². The molecule has 0 saturated heterocycles. The summed E-state index contributed by atoms with van der Waals surface area (Å²) in [7, 11) is -2.04. The number of nitrogens with one attached hydrogen (secondary N) is 1. The monoisotopic (exact) mass is 386 g/mol. The Morgan fingerprint density at radius 1 is 1.07 bits per heavy atom. The number of hydrogen-bond donors (Lipinski definition) is 1. The average molecular weight is 386 g/mol. The molecule has 0 radical (unpaired) electrons. The fraction of sp³-hybridized carbons (Fsp3) is 0.350. The first-order chi connectivity index (χ1) is 13.0. The molecule has 2 heterocycles. The third-order valence-electron chi connectivity index (χ3n) is 5.18. The molecule has 2 aromatic rings. The van der Waals surface area contributed by atoms with Gasteiger partial charge < -0.3 is 9.64 Å². The number of anilines is 1. The molecule has 1 amide bonds. The predicted octanol–water partition coefficient (Wildman–Crippen LogP) is 2.40. The zero-order chi connectivity index (χ0) is 19.0. The van der Waals surface area contributed by atoms with E-state index in [9.17, 15) is 13.2 Å². The summed E-state index contributed by atoms with van der Waals surface area (Å²) in [6.45, 7) is 0.935. The molecule has 27 heavy (non-hydrogen) atoms. The van der Waals surface area contributed by atoms with E-state index in [2.05, 4.69) is 4.72 Å². The maximum atomic E-state index is 12.8. The molecule has 0 unspecified atom stereocenters. The molecule has 1 N–H and O–H groups in total.